The molecule has 0 aromatic heterocycles. The highest BCUT2D eigenvalue weighted by molar-refractivity contribution is 6.14. The number of hydrogen-bond donors (Lipinski definition) is 2. The molecule has 0 aliphatic rings. The summed E-state index contributed by atoms with van der Waals surface area (Å²) >= 11 is 0. The lowest BCUT2D eigenvalue weighted by atomic mass is 9.90. The van der Waals surface area contributed by atoms with Crippen molar-refractivity contribution in [2.24, 2.45) is 5.41 Å². The van der Waals surface area contributed by atoms with Gasteiger partial charge in [0, 0.05) is 31.5 Å². The van der Waals surface area contributed by atoms with Gasteiger partial charge in [-0.1, -0.05) is 0 Å². The summed E-state index contributed by atoms with van der Waals surface area (Å²) in [4.78, 5) is 27.5. The van der Waals surface area contributed by atoms with Gasteiger partial charge in [0.15, 0.2) is 0 Å². The van der Waals surface area contributed by atoms with Gasteiger partial charge in [0.2, 0.25) is 11.8 Å². The number of carbonyl (C=O) groups excluding carboxylic acids is 2. The maximum absolute atomic E-state index is 12.8. The van der Waals surface area contributed by atoms with E-state index in [0.29, 0.717) is 22.9 Å². The van der Waals surface area contributed by atoms with Crippen LogP contribution in [-0.4, -0.2) is 40.1 Å². The Morgan fingerprint density at radius 1 is 0.893 bits per heavy atom. The highest BCUT2D eigenvalue weighted by Gasteiger charge is 2.36. The van der Waals surface area contributed by atoms with Gasteiger partial charge in [0.25, 0.3) is 0 Å². The van der Waals surface area contributed by atoms with Crippen molar-refractivity contribution < 1.29 is 19.1 Å². The minimum absolute atomic E-state index is 0.413. The first-order valence-electron chi connectivity index (χ1n) is 8.81. The first kappa shape index (κ1) is 21.1. The maximum Gasteiger partial charge on any atom is 0.239 e. The second-order valence-corrected chi connectivity index (χ2v) is 7.04. The topological polar surface area (TPSA) is 79.9 Å². The van der Waals surface area contributed by atoms with Crippen LogP contribution in [0.3, 0.4) is 0 Å². The fourth-order valence-corrected chi connectivity index (χ4v) is 2.42. The summed E-state index contributed by atoms with van der Waals surface area (Å²) in [6.07, 6.45) is 0. The zero-order chi connectivity index (χ0) is 20.9. The van der Waals surface area contributed by atoms with Gasteiger partial charge in [-0.3, -0.25) is 9.59 Å². The molecule has 0 heterocycles. The van der Waals surface area contributed by atoms with Gasteiger partial charge in [-0.05, 0) is 50.2 Å². The van der Waals surface area contributed by atoms with Crippen molar-refractivity contribution in [3.8, 4) is 11.5 Å². The van der Waals surface area contributed by atoms with Crippen LogP contribution in [0.1, 0.15) is 13.8 Å². The Kier molecular flexibility index (Phi) is 6.51. The molecule has 2 aromatic rings. The smallest absolute Gasteiger partial charge is 0.239 e. The van der Waals surface area contributed by atoms with Gasteiger partial charge in [-0.25, -0.2) is 0 Å². The van der Waals surface area contributed by atoms with E-state index in [-0.39, 0.29) is 0 Å². The summed E-state index contributed by atoms with van der Waals surface area (Å²) in [6.45, 7) is 3.14. The zero-order valence-corrected chi connectivity index (χ0v) is 17.1. The van der Waals surface area contributed by atoms with E-state index in [2.05, 4.69) is 10.6 Å². The van der Waals surface area contributed by atoms with Crippen LogP contribution in [0.25, 0.3) is 0 Å². The van der Waals surface area contributed by atoms with Crippen molar-refractivity contribution in [2.45, 2.75) is 13.8 Å². The van der Waals surface area contributed by atoms with E-state index in [1.54, 1.807) is 44.2 Å². The number of benzene rings is 2. The normalized spacial score (nSPS) is 10.8. The summed E-state index contributed by atoms with van der Waals surface area (Å²) in [7, 11) is 6.92. The van der Waals surface area contributed by atoms with Crippen LogP contribution >= 0.6 is 0 Å². The Labute approximate surface area is 165 Å². The SMILES string of the molecule is COc1ccc(OC)c(NC(=O)C(C)(C)C(=O)Nc2ccc(N(C)C)cc2)c1. The van der Waals surface area contributed by atoms with Crippen LogP contribution < -0.4 is 25.0 Å². The number of anilines is 3. The van der Waals surface area contributed by atoms with Crippen LogP contribution in [0, 0.1) is 5.41 Å². The minimum Gasteiger partial charge on any atom is -0.497 e. The van der Waals surface area contributed by atoms with E-state index in [1.165, 1.54) is 14.2 Å². The van der Waals surface area contributed by atoms with Gasteiger partial charge in [-0.15, -0.1) is 0 Å². The second-order valence-electron chi connectivity index (χ2n) is 7.04. The molecule has 0 bridgehead atoms. The summed E-state index contributed by atoms with van der Waals surface area (Å²) in [5.74, 6) is 0.176. The van der Waals surface area contributed by atoms with Crippen LogP contribution in [0.5, 0.6) is 11.5 Å². The Bertz CT molecular complexity index is 845. The number of nitrogens with zero attached hydrogens (tertiary/aromatic N) is 1. The molecule has 2 rings (SSSR count). The standard InChI is InChI=1S/C21H27N3O4/c1-21(2,19(25)22-14-7-9-15(10-8-14)24(3)4)20(26)23-17-13-16(27-5)11-12-18(17)28-6/h7-13H,1-6H3,(H,22,25)(H,23,26). The Hall–Kier alpha value is -3.22. The molecule has 0 aliphatic heterocycles. The van der Waals surface area contributed by atoms with Crippen molar-refractivity contribution in [1.82, 2.24) is 0 Å². The molecule has 28 heavy (non-hydrogen) atoms. The van der Waals surface area contributed by atoms with E-state index in [0.717, 1.165) is 5.69 Å². The van der Waals surface area contributed by atoms with Crippen LogP contribution in [-0.2, 0) is 9.59 Å². The Morgan fingerprint density at radius 3 is 2.04 bits per heavy atom. The molecular weight excluding hydrogens is 358 g/mol. The molecule has 2 N–H and O–H groups in total. The predicted molar refractivity (Wildman–Crippen MR) is 111 cm³/mol. The lowest BCUT2D eigenvalue weighted by molar-refractivity contribution is -0.135. The molecule has 2 amide bonds. The van der Waals surface area contributed by atoms with Gasteiger partial charge in [0.1, 0.15) is 16.9 Å². The molecule has 0 radical (unpaired) electrons. The highest BCUT2D eigenvalue weighted by atomic mass is 16.5. The molecule has 0 aliphatic carbocycles. The summed E-state index contributed by atoms with van der Waals surface area (Å²) < 4.78 is 10.5. The average molecular weight is 385 g/mol. The summed E-state index contributed by atoms with van der Waals surface area (Å²) in [5.41, 5.74) is 0.757. The molecule has 0 atom stereocenters. The molecule has 150 valence electrons. The van der Waals surface area contributed by atoms with Gasteiger partial charge < -0.3 is 25.0 Å². The molecule has 0 spiro atoms. The van der Waals surface area contributed by atoms with Crippen molar-refractivity contribution in [2.75, 3.05) is 43.8 Å². The van der Waals surface area contributed by atoms with E-state index in [4.69, 9.17) is 9.47 Å². The molecule has 0 unspecified atom stereocenters. The first-order valence-corrected chi connectivity index (χ1v) is 8.81. The van der Waals surface area contributed by atoms with E-state index in [9.17, 15) is 9.59 Å². The number of carbonyl (C=O) groups is 2. The Balaban J connectivity index is 2.14. The van der Waals surface area contributed by atoms with Crippen LogP contribution in [0.15, 0.2) is 42.5 Å². The van der Waals surface area contributed by atoms with Crippen molar-refractivity contribution in [3.63, 3.8) is 0 Å². The number of ether oxygens (including phenoxy) is 2. The molecular formula is C21H27N3O4. The zero-order valence-electron chi connectivity index (χ0n) is 17.1. The monoisotopic (exact) mass is 385 g/mol. The van der Waals surface area contributed by atoms with Crippen LogP contribution in [0.4, 0.5) is 17.1 Å². The number of methoxy groups -OCH3 is 2. The largest absolute Gasteiger partial charge is 0.497 e. The third-order valence-electron chi connectivity index (χ3n) is 4.43. The number of nitrogens with one attached hydrogen (secondary N) is 2. The third-order valence-corrected chi connectivity index (χ3v) is 4.43. The minimum atomic E-state index is -1.31. The van der Waals surface area contributed by atoms with Crippen molar-refractivity contribution in [1.29, 1.82) is 0 Å². The number of hydrogen-bond acceptors (Lipinski definition) is 5. The van der Waals surface area contributed by atoms with Crippen LogP contribution in [0.2, 0.25) is 0 Å². The molecule has 7 nitrogen and oxygen atoms in total. The van der Waals surface area contributed by atoms with Gasteiger partial charge in [0.05, 0.1) is 19.9 Å². The fourth-order valence-electron chi connectivity index (χ4n) is 2.42. The third kappa shape index (κ3) is 4.73. The number of amides is 2. The summed E-state index contributed by atoms with van der Waals surface area (Å²) in [5, 5.41) is 5.55. The molecule has 2 aromatic carbocycles. The summed E-state index contributed by atoms with van der Waals surface area (Å²) in [6, 6.07) is 12.4. The molecule has 0 fully saturated rings. The highest BCUT2D eigenvalue weighted by Crippen LogP contribution is 2.31. The van der Waals surface area contributed by atoms with E-state index < -0.39 is 17.2 Å². The van der Waals surface area contributed by atoms with Gasteiger partial charge >= 0.3 is 0 Å². The predicted octanol–water partition coefficient (Wildman–Crippen LogP) is 3.37. The second kappa shape index (κ2) is 8.65. The average Bonchev–Trinajstić information content (AvgIpc) is 2.68. The van der Waals surface area contributed by atoms with E-state index in [1.807, 2.05) is 31.1 Å². The first-order chi connectivity index (χ1) is 13.2. The van der Waals surface area contributed by atoms with Crippen molar-refractivity contribution in [3.05, 3.63) is 42.5 Å². The van der Waals surface area contributed by atoms with Crippen molar-refractivity contribution >= 4 is 28.9 Å². The molecule has 0 saturated carbocycles. The van der Waals surface area contributed by atoms with E-state index >= 15 is 0 Å². The number of rotatable bonds is 7. The maximum atomic E-state index is 12.8. The Morgan fingerprint density at radius 2 is 1.50 bits per heavy atom. The lowest BCUT2D eigenvalue weighted by Gasteiger charge is -2.23. The van der Waals surface area contributed by atoms with Gasteiger partial charge in [-0.2, -0.15) is 0 Å². The fraction of sp³-hybridized carbons (Fsp3) is 0.333. The molecule has 0 saturated heterocycles. The lowest BCUT2D eigenvalue weighted by Crippen LogP contribution is -2.41. The molecule has 7 heteroatoms. The quantitative estimate of drug-likeness (QED) is 0.715.